The Kier molecular flexibility index (Phi) is 3.75. The fraction of sp³-hybridized carbons (Fsp3) is 0.529. The predicted octanol–water partition coefficient (Wildman–Crippen LogP) is 4.00. The van der Waals surface area contributed by atoms with Gasteiger partial charge < -0.3 is 0 Å². The van der Waals surface area contributed by atoms with Crippen molar-refractivity contribution >= 4 is 5.78 Å². The van der Waals surface area contributed by atoms with Crippen molar-refractivity contribution in [3.63, 3.8) is 0 Å². The molecule has 19 heavy (non-hydrogen) atoms. The lowest BCUT2D eigenvalue weighted by Crippen LogP contribution is -2.29. The maximum Gasteiger partial charge on any atom is 0.158 e. The summed E-state index contributed by atoms with van der Waals surface area (Å²) in [6, 6.07) is 9.94. The van der Waals surface area contributed by atoms with Crippen LogP contribution in [0.3, 0.4) is 0 Å². The van der Waals surface area contributed by atoms with Gasteiger partial charge in [0, 0.05) is 5.92 Å². The predicted molar refractivity (Wildman–Crippen MR) is 75.7 cm³/mol. The van der Waals surface area contributed by atoms with E-state index in [-0.39, 0.29) is 17.1 Å². The molecule has 0 N–H and O–H groups in total. The number of aryl methyl sites for hydroxylation is 1. The summed E-state index contributed by atoms with van der Waals surface area (Å²) < 4.78 is 0. The van der Waals surface area contributed by atoms with Crippen molar-refractivity contribution in [1.82, 2.24) is 0 Å². The van der Waals surface area contributed by atoms with E-state index in [4.69, 9.17) is 0 Å². The smallest absolute Gasteiger partial charge is 0.158 e. The quantitative estimate of drug-likeness (QED) is 0.819. The maximum atomic E-state index is 12.7. The van der Waals surface area contributed by atoms with Crippen molar-refractivity contribution in [2.75, 3.05) is 0 Å². The van der Waals surface area contributed by atoms with E-state index in [1.54, 1.807) is 0 Å². The van der Waals surface area contributed by atoms with Crippen LogP contribution in [-0.4, -0.2) is 5.78 Å². The molecule has 0 amide bonds. The average Bonchev–Trinajstić information content (AvgIpc) is 2.72. The third-order valence-electron chi connectivity index (χ3n) is 4.42. The van der Waals surface area contributed by atoms with Gasteiger partial charge in [0.15, 0.2) is 5.78 Å². The summed E-state index contributed by atoms with van der Waals surface area (Å²) >= 11 is 0. The number of Topliss-reactive ketones (excluding diaryl/α,β-unsaturated/α-hetero) is 1. The van der Waals surface area contributed by atoms with E-state index < -0.39 is 5.92 Å². The molecule has 1 fully saturated rings. The maximum absolute atomic E-state index is 12.7. The summed E-state index contributed by atoms with van der Waals surface area (Å²) in [5.41, 5.74) is 2.02. The molecule has 1 aliphatic rings. The van der Waals surface area contributed by atoms with Gasteiger partial charge in [0.25, 0.3) is 0 Å². The first-order valence-corrected chi connectivity index (χ1v) is 6.95. The fourth-order valence-corrected chi connectivity index (χ4v) is 3.12. The normalized spacial score (nSPS) is 22.7. The Bertz CT molecular complexity index is 507. The molecule has 0 spiro atoms. The number of nitriles is 1. The number of ketones is 1. The van der Waals surface area contributed by atoms with E-state index in [1.165, 1.54) is 0 Å². The molecule has 0 aliphatic heterocycles. The molecule has 100 valence electrons. The highest BCUT2D eigenvalue weighted by molar-refractivity contribution is 5.91. The molecule has 2 rings (SSSR count). The van der Waals surface area contributed by atoms with Crippen molar-refractivity contribution in [3.05, 3.63) is 35.4 Å². The van der Waals surface area contributed by atoms with Crippen LogP contribution in [0.1, 0.15) is 50.2 Å². The largest absolute Gasteiger partial charge is 0.298 e. The number of hydrogen-bond acceptors (Lipinski definition) is 2. The first kappa shape index (κ1) is 13.8. The van der Waals surface area contributed by atoms with Crippen LogP contribution >= 0.6 is 0 Å². The highest BCUT2D eigenvalue weighted by Crippen LogP contribution is 2.45. The number of rotatable bonds is 3. The van der Waals surface area contributed by atoms with Crippen LogP contribution in [0.2, 0.25) is 0 Å². The van der Waals surface area contributed by atoms with E-state index in [0.29, 0.717) is 0 Å². The Morgan fingerprint density at radius 1 is 1.37 bits per heavy atom. The lowest BCUT2D eigenvalue weighted by molar-refractivity contribution is -0.125. The van der Waals surface area contributed by atoms with Gasteiger partial charge in [-0.15, -0.1) is 0 Å². The monoisotopic (exact) mass is 255 g/mol. The summed E-state index contributed by atoms with van der Waals surface area (Å²) in [5, 5.41) is 9.38. The Morgan fingerprint density at radius 2 is 2.00 bits per heavy atom. The Morgan fingerprint density at radius 3 is 2.47 bits per heavy atom. The Labute approximate surface area is 115 Å². The summed E-state index contributed by atoms with van der Waals surface area (Å²) in [4.78, 5) is 12.7. The first-order valence-electron chi connectivity index (χ1n) is 6.95. The molecular formula is C17H21NO. The van der Waals surface area contributed by atoms with Gasteiger partial charge in [-0.25, -0.2) is 0 Å². The molecule has 1 aromatic carbocycles. The minimum absolute atomic E-state index is 0.0263. The number of carbonyl (C=O) groups is 1. The zero-order valence-electron chi connectivity index (χ0n) is 11.9. The second-order valence-corrected chi connectivity index (χ2v) is 6.31. The van der Waals surface area contributed by atoms with E-state index in [1.807, 2.05) is 31.2 Å². The molecule has 0 heterocycles. The molecule has 0 aromatic heterocycles. The molecule has 0 bridgehead atoms. The molecule has 2 heteroatoms. The van der Waals surface area contributed by atoms with Crippen LogP contribution in [0.25, 0.3) is 0 Å². The molecule has 0 radical (unpaired) electrons. The Balaban J connectivity index is 2.25. The van der Waals surface area contributed by atoms with Crippen molar-refractivity contribution in [3.8, 4) is 6.07 Å². The summed E-state index contributed by atoms with van der Waals surface area (Å²) in [6.45, 7) is 6.30. The van der Waals surface area contributed by atoms with Gasteiger partial charge in [-0.05, 0) is 30.7 Å². The van der Waals surface area contributed by atoms with Crippen LogP contribution < -0.4 is 0 Å². The van der Waals surface area contributed by atoms with Crippen molar-refractivity contribution < 1.29 is 4.79 Å². The third-order valence-corrected chi connectivity index (χ3v) is 4.42. The van der Waals surface area contributed by atoms with E-state index in [9.17, 15) is 10.1 Å². The number of carbonyl (C=O) groups excluding carboxylic acids is 1. The minimum atomic E-state index is -0.608. The number of benzene rings is 1. The van der Waals surface area contributed by atoms with Gasteiger partial charge in [-0.2, -0.15) is 5.26 Å². The zero-order valence-corrected chi connectivity index (χ0v) is 11.9. The van der Waals surface area contributed by atoms with E-state index in [0.717, 1.165) is 30.4 Å². The van der Waals surface area contributed by atoms with Crippen molar-refractivity contribution in [2.45, 2.75) is 46.0 Å². The lowest BCUT2D eigenvalue weighted by atomic mass is 9.75. The molecular weight excluding hydrogens is 234 g/mol. The van der Waals surface area contributed by atoms with Crippen LogP contribution in [0, 0.1) is 29.6 Å². The van der Waals surface area contributed by atoms with Gasteiger partial charge in [-0.1, -0.05) is 50.1 Å². The molecule has 0 saturated heterocycles. The minimum Gasteiger partial charge on any atom is -0.298 e. The van der Waals surface area contributed by atoms with E-state index >= 15 is 0 Å². The van der Waals surface area contributed by atoms with Crippen molar-refractivity contribution in [1.29, 1.82) is 5.26 Å². The summed E-state index contributed by atoms with van der Waals surface area (Å²) in [7, 11) is 0. The van der Waals surface area contributed by atoms with Crippen LogP contribution in [0.5, 0.6) is 0 Å². The summed E-state index contributed by atoms with van der Waals surface area (Å²) in [5.74, 6) is -0.477. The van der Waals surface area contributed by atoms with Gasteiger partial charge >= 0.3 is 0 Å². The second-order valence-electron chi connectivity index (χ2n) is 6.31. The standard InChI is InChI=1S/C17H21NO/c1-12-6-8-13(9-7-12)14(11-18)16(19)15-5-4-10-17(15,2)3/h6-9,14-15H,4-5,10H2,1-3H3. The first-order chi connectivity index (χ1) is 8.95. The molecule has 2 unspecified atom stereocenters. The van der Waals surface area contributed by atoms with Gasteiger partial charge in [0.05, 0.1) is 6.07 Å². The molecule has 1 saturated carbocycles. The SMILES string of the molecule is Cc1ccc(C(C#N)C(=O)C2CCCC2(C)C)cc1. The highest BCUT2D eigenvalue weighted by Gasteiger charge is 2.42. The average molecular weight is 255 g/mol. The molecule has 2 nitrogen and oxygen atoms in total. The van der Waals surface area contributed by atoms with E-state index in [2.05, 4.69) is 19.9 Å². The van der Waals surface area contributed by atoms with Gasteiger partial charge in [-0.3, -0.25) is 4.79 Å². The van der Waals surface area contributed by atoms with Crippen LogP contribution in [0.4, 0.5) is 0 Å². The molecule has 2 atom stereocenters. The number of hydrogen-bond donors (Lipinski definition) is 0. The number of nitrogens with zero attached hydrogens (tertiary/aromatic N) is 1. The lowest BCUT2D eigenvalue weighted by Gasteiger charge is -2.27. The summed E-state index contributed by atoms with van der Waals surface area (Å²) in [6.07, 6.45) is 3.10. The third kappa shape index (κ3) is 2.71. The Hall–Kier alpha value is -1.62. The molecule has 1 aromatic rings. The topological polar surface area (TPSA) is 40.9 Å². The van der Waals surface area contributed by atoms with Crippen molar-refractivity contribution in [2.24, 2.45) is 11.3 Å². The molecule has 1 aliphatic carbocycles. The van der Waals surface area contributed by atoms with Gasteiger partial charge in [0.2, 0.25) is 0 Å². The zero-order chi connectivity index (χ0) is 14.0. The van der Waals surface area contributed by atoms with Crippen LogP contribution in [0.15, 0.2) is 24.3 Å². The fourth-order valence-electron chi connectivity index (χ4n) is 3.12. The van der Waals surface area contributed by atoms with Gasteiger partial charge in [0.1, 0.15) is 5.92 Å². The highest BCUT2D eigenvalue weighted by atomic mass is 16.1. The second kappa shape index (κ2) is 5.17. The van der Waals surface area contributed by atoms with Crippen LogP contribution in [-0.2, 0) is 4.79 Å².